The van der Waals surface area contributed by atoms with E-state index in [2.05, 4.69) is 52.8 Å². The van der Waals surface area contributed by atoms with Gasteiger partial charge in [0, 0.05) is 5.57 Å². The number of esters is 1. The van der Waals surface area contributed by atoms with Crippen molar-refractivity contribution in [2.75, 3.05) is 6.61 Å². The molecule has 168 valence electrons. The van der Waals surface area contributed by atoms with Crippen LogP contribution in [0.25, 0.3) is 11.1 Å². The fraction of sp³-hybridized carbons (Fsp3) is 0.379. The molecule has 0 amide bonds. The maximum atomic E-state index is 12.0. The van der Waals surface area contributed by atoms with Crippen molar-refractivity contribution < 1.29 is 14.3 Å². The second kappa shape index (κ2) is 9.28. The quantitative estimate of drug-likeness (QED) is 0.217. The summed E-state index contributed by atoms with van der Waals surface area (Å²) in [6, 6.07) is 13.8. The first-order valence-corrected chi connectivity index (χ1v) is 11.4. The van der Waals surface area contributed by atoms with Crippen molar-refractivity contribution in [1.82, 2.24) is 0 Å². The Balaban J connectivity index is 1.94. The molecule has 0 atom stereocenters. The van der Waals surface area contributed by atoms with Crippen molar-refractivity contribution in [1.29, 1.82) is 0 Å². The van der Waals surface area contributed by atoms with Gasteiger partial charge in [0.2, 0.25) is 0 Å². The molecule has 0 aromatic heterocycles. The molecule has 0 unspecified atom stereocenters. The number of carbonyl (C=O) groups is 2. The second-order valence-corrected chi connectivity index (χ2v) is 9.92. The fourth-order valence-electron chi connectivity index (χ4n) is 4.39. The Bertz CT molecular complexity index is 1080. The zero-order valence-electron chi connectivity index (χ0n) is 20.1. The van der Waals surface area contributed by atoms with Crippen LogP contribution in [0.4, 0.5) is 0 Å². The minimum atomic E-state index is -0.383. The predicted molar refractivity (Wildman–Crippen MR) is 132 cm³/mol. The highest BCUT2D eigenvalue weighted by molar-refractivity contribution is 6.08. The van der Waals surface area contributed by atoms with E-state index < -0.39 is 0 Å². The molecule has 0 fully saturated rings. The van der Waals surface area contributed by atoms with E-state index in [0.29, 0.717) is 23.3 Å². The molecule has 32 heavy (non-hydrogen) atoms. The Morgan fingerprint density at radius 2 is 1.56 bits per heavy atom. The molecule has 1 aliphatic rings. The highest BCUT2D eigenvalue weighted by atomic mass is 16.5. The minimum Gasteiger partial charge on any atom is -0.462 e. The van der Waals surface area contributed by atoms with E-state index in [0.717, 1.165) is 17.4 Å². The lowest BCUT2D eigenvalue weighted by molar-refractivity contribution is -0.103. The molecule has 0 bridgehead atoms. The van der Waals surface area contributed by atoms with Crippen LogP contribution in [-0.4, -0.2) is 18.9 Å². The summed E-state index contributed by atoms with van der Waals surface area (Å²) >= 11 is 0. The lowest BCUT2D eigenvalue weighted by Gasteiger charge is -2.42. The Labute approximate surface area is 192 Å². The van der Waals surface area contributed by atoms with Crippen molar-refractivity contribution in [2.45, 2.75) is 65.2 Å². The summed E-state index contributed by atoms with van der Waals surface area (Å²) in [5.41, 5.74) is 7.11. The maximum absolute atomic E-state index is 12.0. The van der Waals surface area contributed by atoms with Crippen molar-refractivity contribution in [3.63, 3.8) is 0 Å². The molecule has 0 saturated heterocycles. The van der Waals surface area contributed by atoms with Gasteiger partial charge in [-0.15, -0.1) is 0 Å². The largest absolute Gasteiger partial charge is 0.462 e. The Morgan fingerprint density at radius 1 is 0.906 bits per heavy atom. The van der Waals surface area contributed by atoms with Crippen LogP contribution in [0.1, 0.15) is 87.0 Å². The molecule has 0 aliphatic heterocycles. The zero-order valence-corrected chi connectivity index (χ0v) is 20.1. The SMILES string of the molecule is CCOC(=O)c1cccc(/C(C=O)=C/C=C(\C)c2ccc3c(c2)C(C)(C)CCC3(C)C)c1. The normalized spacial score (nSPS) is 17.4. The first kappa shape index (κ1) is 23.7. The average molecular weight is 431 g/mol. The van der Waals surface area contributed by atoms with Crippen molar-refractivity contribution >= 4 is 23.4 Å². The third-order valence-corrected chi connectivity index (χ3v) is 6.66. The number of allylic oxidation sites excluding steroid dienone is 4. The van der Waals surface area contributed by atoms with Gasteiger partial charge in [-0.05, 0) is 77.5 Å². The molecule has 3 heteroatoms. The van der Waals surface area contributed by atoms with Gasteiger partial charge in [0.1, 0.15) is 0 Å². The van der Waals surface area contributed by atoms with Gasteiger partial charge in [-0.25, -0.2) is 4.79 Å². The number of aldehydes is 1. The van der Waals surface area contributed by atoms with E-state index in [4.69, 9.17) is 4.74 Å². The Kier molecular flexibility index (Phi) is 6.88. The van der Waals surface area contributed by atoms with E-state index in [1.165, 1.54) is 24.0 Å². The maximum Gasteiger partial charge on any atom is 0.338 e. The summed E-state index contributed by atoms with van der Waals surface area (Å²) < 4.78 is 5.07. The second-order valence-electron chi connectivity index (χ2n) is 9.92. The van der Waals surface area contributed by atoms with E-state index >= 15 is 0 Å². The summed E-state index contributed by atoms with van der Waals surface area (Å²) in [5, 5.41) is 0. The van der Waals surface area contributed by atoms with Gasteiger partial charge in [0.25, 0.3) is 0 Å². The fourth-order valence-corrected chi connectivity index (χ4v) is 4.39. The van der Waals surface area contributed by atoms with Gasteiger partial charge in [0.05, 0.1) is 12.2 Å². The summed E-state index contributed by atoms with van der Waals surface area (Å²) in [6.07, 6.45) is 6.99. The van der Waals surface area contributed by atoms with E-state index in [1.54, 1.807) is 25.1 Å². The summed E-state index contributed by atoms with van der Waals surface area (Å²) in [4.78, 5) is 23.8. The molecule has 0 heterocycles. The Hall–Kier alpha value is -2.94. The molecule has 0 N–H and O–H groups in total. The number of ether oxygens (including phenoxy) is 1. The molecule has 3 nitrogen and oxygen atoms in total. The van der Waals surface area contributed by atoms with Crippen molar-refractivity contribution in [2.24, 2.45) is 0 Å². The molecule has 3 rings (SSSR count). The molecule has 1 aliphatic carbocycles. The summed E-state index contributed by atoms with van der Waals surface area (Å²) in [5.74, 6) is -0.383. The van der Waals surface area contributed by atoms with Crippen molar-refractivity contribution in [3.05, 3.63) is 82.4 Å². The van der Waals surface area contributed by atoms with Crippen LogP contribution in [0.3, 0.4) is 0 Å². The van der Waals surface area contributed by atoms with E-state index in [-0.39, 0.29) is 16.8 Å². The van der Waals surface area contributed by atoms with Gasteiger partial charge in [-0.2, -0.15) is 0 Å². The van der Waals surface area contributed by atoms with Crippen LogP contribution in [0.2, 0.25) is 0 Å². The van der Waals surface area contributed by atoms with Gasteiger partial charge in [-0.3, -0.25) is 4.79 Å². The standard InChI is InChI=1S/C29H34O3/c1-7-32-27(31)23-10-8-9-22(17-23)24(19-30)12-11-20(2)21-13-14-25-26(18-21)29(5,6)16-15-28(25,3)4/h8-14,17-19H,7,15-16H2,1-6H3/b20-11+,24-12+. The predicted octanol–water partition coefficient (Wildman–Crippen LogP) is 6.90. The number of fused-ring (bicyclic) bond motifs is 1. The average Bonchev–Trinajstić information content (AvgIpc) is 2.77. The smallest absolute Gasteiger partial charge is 0.338 e. The van der Waals surface area contributed by atoms with Gasteiger partial charge in [0.15, 0.2) is 6.29 Å². The number of benzene rings is 2. The molecule has 2 aromatic carbocycles. The molecular formula is C29H34O3. The van der Waals surface area contributed by atoms with Gasteiger partial charge in [-0.1, -0.05) is 70.2 Å². The zero-order chi connectivity index (χ0) is 23.5. The van der Waals surface area contributed by atoms with Gasteiger partial charge >= 0.3 is 5.97 Å². The van der Waals surface area contributed by atoms with Crippen molar-refractivity contribution in [3.8, 4) is 0 Å². The number of hydrogen-bond donors (Lipinski definition) is 0. The first-order valence-electron chi connectivity index (χ1n) is 11.4. The summed E-state index contributed by atoms with van der Waals surface area (Å²) in [7, 11) is 0. The number of rotatable bonds is 6. The minimum absolute atomic E-state index is 0.151. The van der Waals surface area contributed by atoms with Crippen LogP contribution >= 0.6 is 0 Å². The van der Waals surface area contributed by atoms with Gasteiger partial charge < -0.3 is 4.74 Å². The highest BCUT2D eigenvalue weighted by Crippen LogP contribution is 2.46. The third-order valence-electron chi connectivity index (χ3n) is 6.66. The molecular weight excluding hydrogens is 396 g/mol. The first-order chi connectivity index (χ1) is 15.1. The van der Waals surface area contributed by atoms with Crippen LogP contribution in [0, 0.1) is 0 Å². The van der Waals surface area contributed by atoms with Crippen LogP contribution in [0.5, 0.6) is 0 Å². The lowest BCUT2D eigenvalue weighted by Crippen LogP contribution is -2.33. The lowest BCUT2D eigenvalue weighted by atomic mass is 9.63. The molecule has 0 spiro atoms. The third kappa shape index (κ3) is 4.93. The van der Waals surface area contributed by atoms with Crippen LogP contribution in [0.15, 0.2) is 54.6 Å². The van der Waals surface area contributed by atoms with Crippen LogP contribution in [-0.2, 0) is 20.4 Å². The number of carbonyl (C=O) groups excluding carboxylic acids is 2. The van der Waals surface area contributed by atoms with Crippen LogP contribution < -0.4 is 0 Å². The Morgan fingerprint density at radius 3 is 2.22 bits per heavy atom. The van der Waals surface area contributed by atoms with E-state index in [9.17, 15) is 9.59 Å². The molecule has 2 aromatic rings. The highest BCUT2D eigenvalue weighted by Gasteiger charge is 2.36. The number of hydrogen-bond acceptors (Lipinski definition) is 3. The topological polar surface area (TPSA) is 43.4 Å². The summed E-state index contributed by atoms with van der Waals surface area (Å²) in [6.45, 7) is 13.5. The molecule has 0 radical (unpaired) electrons. The van der Waals surface area contributed by atoms with E-state index in [1.807, 2.05) is 18.2 Å². The monoisotopic (exact) mass is 430 g/mol. The molecule has 0 saturated carbocycles.